The highest BCUT2D eigenvalue weighted by Gasteiger charge is 2.08. The summed E-state index contributed by atoms with van der Waals surface area (Å²) in [6.07, 6.45) is 1.95. The maximum atomic E-state index is 13.3. The number of hydrogen-bond donors (Lipinski definition) is 1. The maximum absolute atomic E-state index is 13.3. The predicted octanol–water partition coefficient (Wildman–Crippen LogP) is 3.69. The lowest BCUT2D eigenvalue weighted by Gasteiger charge is -2.10. The Bertz CT molecular complexity index is 757. The van der Waals surface area contributed by atoms with Gasteiger partial charge in [-0.3, -0.25) is 0 Å². The second kappa shape index (κ2) is 5.66. The molecule has 0 unspecified atom stereocenters. The molecule has 21 heavy (non-hydrogen) atoms. The van der Waals surface area contributed by atoms with Crippen molar-refractivity contribution in [3.8, 4) is 0 Å². The van der Waals surface area contributed by atoms with E-state index in [9.17, 15) is 8.78 Å². The van der Waals surface area contributed by atoms with Crippen molar-refractivity contribution in [1.82, 2.24) is 9.88 Å². The van der Waals surface area contributed by atoms with Gasteiger partial charge < -0.3 is 9.88 Å². The number of benzene rings is 2. The van der Waals surface area contributed by atoms with Gasteiger partial charge in [0.15, 0.2) is 0 Å². The van der Waals surface area contributed by atoms with Crippen LogP contribution in [0, 0.1) is 11.6 Å². The van der Waals surface area contributed by atoms with Gasteiger partial charge in [-0.2, -0.15) is 0 Å². The molecule has 0 saturated carbocycles. The molecule has 4 heteroatoms. The fraction of sp³-hybridized carbons (Fsp3) is 0.176. The Labute approximate surface area is 122 Å². The summed E-state index contributed by atoms with van der Waals surface area (Å²) >= 11 is 0. The third kappa shape index (κ3) is 2.81. The maximum Gasteiger partial charge on any atom is 0.126 e. The Morgan fingerprint density at radius 3 is 2.52 bits per heavy atom. The van der Waals surface area contributed by atoms with Gasteiger partial charge >= 0.3 is 0 Å². The number of aromatic nitrogens is 1. The first kappa shape index (κ1) is 13.8. The van der Waals surface area contributed by atoms with E-state index in [0.717, 1.165) is 29.1 Å². The monoisotopic (exact) mass is 286 g/mol. The summed E-state index contributed by atoms with van der Waals surface area (Å²) in [5, 5.41) is 4.27. The fourth-order valence-corrected chi connectivity index (χ4v) is 2.70. The van der Waals surface area contributed by atoms with E-state index >= 15 is 0 Å². The second-order valence-electron chi connectivity index (χ2n) is 5.11. The lowest BCUT2D eigenvalue weighted by Crippen LogP contribution is -2.08. The van der Waals surface area contributed by atoms with E-state index < -0.39 is 11.6 Å². The molecule has 0 radical (unpaired) electrons. The first-order valence-electron chi connectivity index (χ1n) is 6.83. The molecule has 0 amide bonds. The predicted molar refractivity (Wildman–Crippen MR) is 80.2 cm³/mol. The minimum atomic E-state index is -0.545. The van der Waals surface area contributed by atoms with Crippen LogP contribution in [0.2, 0.25) is 0 Å². The average Bonchev–Trinajstić information content (AvgIpc) is 2.82. The number of nitrogens with one attached hydrogen (secondary N) is 1. The van der Waals surface area contributed by atoms with Crippen molar-refractivity contribution >= 4 is 10.9 Å². The van der Waals surface area contributed by atoms with Crippen LogP contribution in [-0.2, 0) is 13.1 Å². The summed E-state index contributed by atoms with van der Waals surface area (Å²) in [7, 11) is 1.90. The molecule has 0 saturated heterocycles. The molecule has 3 aromatic rings. The quantitative estimate of drug-likeness (QED) is 0.774. The van der Waals surface area contributed by atoms with E-state index in [1.165, 1.54) is 12.1 Å². The molecular formula is C17H16F2N2. The molecule has 1 heterocycles. The molecule has 0 fully saturated rings. The van der Waals surface area contributed by atoms with Crippen LogP contribution in [0.5, 0.6) is 0 Å². The summed E-state index contributed by atoms with van der Waals surface area (Å²) in [6.45, 7) is 1.19. The Balaban J connectivity index is 2.04. The molecular weight excluding hydrogens is 270 g/mol. The Kier molecular flexibility index (Phi) is 3.71. The van der Waals surface area contributed by atoms with Gasteiger partial charge in [-0.05, 0) is 41.8 Å². The van der Waals surface area contributed by atoms with Crippen molar-refractivity contribution in [2.75, 3.05) is 7.05 Å². The number of halogens is 2. The van der Waals surface area contributed by atoms with Crippen LogP contribution in [-0.4, -0.2) is 11.6 Å². The topological polar surface area (TPSA) is 17.0 Å². The molecule has 3 rings (SSSR count). The van der Waals surface area contributed by atoms with Gasteiger partial charge in [0.2, 0.25) is 0 Å². The lowest BCUT2D eigenvalue weighted by atomic mass is 10.1. The van der Waals surface area contributed by atoms with E-state index in [1.54, 1.807) is 0 Å². The molecule has 2 nitrogen and oxygen atoms in total. The van der Waals surface area contributed by atoms with Gasteiger partial charge in [0.1, 0.15) is 11.6 Å². The minimum absolute atomic E-state index is 0.443. The summed E-state index contributed by atoms with van der Waals surface area (Å²) in [6, 6.07) is 11.8. The summed E-state index contributed by atoms with van der Waals surface area (Å²) in [5.74, 6) is -1.09. The van der Waals surface area contributed by atoms with Gasteiger partial charge in [-0.25, -0.2) is 8.78 Å². The smallest absolute Gasteiger partial charge is 0.126 e. The Hall–Kier alpha value is -2.20. The van der Waals surface area contributed by atoms with E-state index in [1.807, 2.05) is 36.0 Å². The van der Waals surface area contributed by atoms with E-state index in [2.05, 4.69) is 11.4 Å². The molecule has 2 aromatic carbocycles. The zero-order chi connectivity index (χ0) is 14.8. The minimum Gasteiger partial charge on any atom is -0.343 e. The summed E-state index contributed by atoms with van der Waals surface area (Å²) < 4.78 is 28.6. The number of hydrogen-bond acceptors (Lipinski definition) is 1. The van der Waals surface area contributed by atoms with Gasteiger partial charge in [-0.15, -0.1) is 0 Å². The van der Waals surface area contributed by atoms with Crippen molar-refractivity contribution in [2.24, 2.45) is 0 Å². The van der Waals surface area contributed by atoms with Crippen molar-refractivity contribution in [3.05, 3.63) is 71.4 Å². The number of para-hydroxylation sites is 1. The van der Waals surface area contributed by atoms with Crippen LogP contribution in [0.15, 0.2) is 48.7 Å². The highest BCUT2D eigenvalue weighted by atomic mass is 19.1. The van der Waals surface area contributed by atoms with Gasteiger partial charge in [0, 0.05) is 25.4 Å². The first-order chi connectivity index (χ1) is 10.2. The van der Waals surface area contributed by atoms with Crippen LogP contribution in [0.3, 0.4) is 0 Å². The van der Waals surface area contributed by atoms with Gasteiger partial charge in [0.25, 0.3) is 0 Å². The Morgan fingerprint density at radius 1 is 1.05 bits per heavy atom. The SMILES string of the molecule is CNCc1cccc2ccn(Cc3cc(F)cc(F)c3)c12. The molecule has 108 valence electrons. The van der Waals surface area contributed by atoms with E-state index in [0.29, 0.717) is 12.1 Å². The van der Waals surface area contributed by atoms with Gasteiger partial charge in [-0.1, -0.05) is 18.2 Å². The first-order valence-corrected chi connectivity index (χ1v) is 6.83. The molecule has 0 atom stereocenters. The van der Waals surface area contributed by atoms with Crippen LogP contribution in [0.25, 0.3) is 10.9 Å². The zero-order valence-electron chi connectivity index (χ0n) is 11.7. The van der Waals surface area contributed by atoms with Crippen LogP contribution >= 0.6 is 0 Å². The molecule has 0 bridgehead atoms. The molecule has 0 aliphatic heterocycles. The summed E-state index contributed by atoms with van der Waals surface area (Å²) in [5.41, 5.74) is 2.87. The Morgan fingerprint density at radius 2 is 1.81 bits per heavy atom. The van der Waals surface area contributed by atoms with Crippen molar-refractivity contribution in [2.45, 2.75) is 13.1 Å². The second-order valence-corrected chi connectivity index (χ2v) is 5.11. The molecule has 1 N–H and O–H groups in total. The van der Waals surface area contributed by atoms with E-state index in [4.69, 9.17) is 0 Å². The van der Waals surface area contributed by atoms with Crippen LogP contribution in [0.1, 0.15) is 11.1 Å². The highest BCUT2D eigenvalue weighted by molar-refractivity contribution is 5.83. The number of rotatable bonds is 4. The van der Waals surface area contributed by atoms with Gasteiger partial charge in [0.05, 0.1) is 5.52 Å². The normalized spacial score (nSPS) is 11.2. The molecule has 1 aromatic heterocycles. The largest absolute Gasteiger partial charge is 0.343 e. The number of fused-ring (bicyclic) bond motifs is 1. The standard InChI is InChI=1S/C17H16F2N2/c1-20-10-14-4-2-3-13-5-6-21(17(13)14)11-12-7-15(18)9-16(19)8-12/h2-9,20H,10-11H2,1H3. The van der Waals surface area contributed by atoms with Crippen molar-refractivity contribution in [3.63, 3.8) is 0 Å². The van der Waals surface area contributed by atoms with Crippen molar-refractivity contribution < 1.29 is 8.78 Å². The third-order valence-corrected chi connectivity index (χ3v) is 3.51. The lowest BCUT2D eigenvalue weighted by molar-refractivity contribution is 0.578. The molecule has 0 spiro atoms. The molecule has 0 aliphatic carbocycles. The summed E-state index contributed by atoms with van der Waals surface area (Å²) in [4.78, 5) is 0. The van der Waals surface area contributed by atoms with E-state index in [-0.39, 0.29) is 0 Å². The number of nitrogens with zero attached hydrogens (tertiary/aromatic N) is 1. The van der Waals surface area contributed by atoms with Crippen LogP contribution < -0.4 is 5.32 Å². The van der Waals surface area contributed by atoms with Crippen molar-refractivity contribution in [1.29, 1.82) is 0 Å². The zero-order valence-corrected chi connectivity index (χ0v) is 11.7. The average molecular weight is 286 g/mol. The van der Waals surface area contributed by atoms with Crippen LogP contribution in [0.4, 0.5) is 8.78 Å². The molecule has 0 aliphatic rings. The highest BCUT2D eigenvalue weighted by Crippen LogP contribution is 2.22. The fourth-order valence-electron chi connectivity index (χ4n) is 2.70. The third-order valence-electron chi connectivity index (χ3n) is 3.51.